The molecule has 0 spiro atoms. The summed E-state index contributed by atoms with van der Waals surface area (Å²) in [5.74, 6) is 0.611. The lowest BCUT2D eigenvalue weighted by Gasteiger charge is -2.18. The second-order valence-corrected chi connectivity index (χ2v) is 5.38. The molecule has 0 radical (unpaired) electrons. The van der Waals surface area contributed by atoms with Crippen LogP contribution in [0.25, 0.3) is 10.9 Å². The van der Waals surface area contributed by atoms with Crippen LogP contribution in [0.1, 0.15) is 19.4 Å². The van der Waals surface area contributed by atoms with Crippen molar-refractivity contribution in [3.8, 4) is 0 Å². The first-order chi connectivity index (χ1) is 9.56. The van der Waals surface area contributed by atoms with Crippen molar-refractivity contribution in [1.82, 2.24) is 9.88 Å². The number of fused-ring (bicyclic) bond motifs is 1. The number of nitrogens with two attached hydrogens (primary N) is 1. The molecule has 0 unspecified atom stereocenters. The molecule has 0 saturated carbocycles. The Morgan fingerprint density at radius 2 is 2.05 bits per heavy atom. The van der Waals surface area contributed by atoms with Gasteiger partial charge in [-0.2, -0.15) is 0 Å². The highest BCUT2D eigenvalue weighted by atomic mass is 16.5. The van der Waals surface area contributed by atoms with E-state index in [4.69, 9.17) is 10.5 Å². The summed E-state index contributed by atoms with van der Waals surface area (Å²) in [7, 11) is 2.07. The van der Waals surface area contributed by atoms with Gasteiger partial charge in [-0.1, -0.05) is 18.2 Å². The fraction of sp³-hybridized carbons (Fsp3) is 0.438. The lowest BCUT2D eigenvalue weighted by molar-refractivity contribution is 0.0627. The van der Waals surface area contributed by atoms with Crippen molar-refractivity contribution in [2.45, 2.75) is 26.5 Å². The molecule has 0 aliphatic rings. The fourth-order valence-electron chi connectivity index (χ4n) is 2.12. The summed E-state index contributed by atoms with van der Waals surface area (Å²) in [6, 6.07) is 10.2. The molecule has 4 nitrogen and oxygen atoms in total. The zero-order valence-corrected chi connectivity index (χ0v) is 12.5. The van der Waals surface area contributed by atoms with Gasteiger partial charge in [0.1, 0.15) is 5.82 Å². The number of likely N-dealkylation sites (N-methyl/N-ethyl adjacent to an activating group) is 1. The fourth-order valence-corrected chi connectivity index (χ4v) is 2.12. The molecule has 108 valence electrons. The molecule has 1 aromatic heterocycles. The van der Waals surface area contributed by atoms with E-state index in [1.165, 1.54) is 0 Å². The van der Waals surface area contributed by atoms with Gasteiger partial charge in [-0.05, 0) is 33.0 Å². The van der Waals surface area contributed by atoms with Crippen LogP contribution in [0.15, 0.2) is 30.3 Å². The SMILES string of the molecule is CC(C)OCCN(C)Cc1cc2ccccc2nc1N. The number of aromatic nitrogens is 1. The third-order valence-corrected chi connectivity index (χ3v) is 3.20. The van der Waals surface area contributed by atoms with Crippen LogP contribution in [0.4, 0.5) is 5.82 Å². The summed E-state index contributed by atoms with van der Waals surface area (Å²) in [6.45, 7) is 6.49. The number of ether oxygens (including phenoxy) is 1. The van der Waals surface area contributed by atoms with Crippen LogP contribution in [0.5, 0.6) is 0 Å². The van der Waals surface area contributed by atoms with Gasteiger partial charge >= 0.3 is 0 Å². The lowest BCUT2D eigenvalue weighted by atomic mass is 10.1. The molecule has 0 saturated heterocycles. The van der Waals surface area contributed by atoms with E-state index in [9.17, 15) is 0 Å². The van der Waals surface area contributed by atoms with Crippen LogP contribution in [0.3, 0.4) is 0 Å². The van der Waals surface area contributed by atoms with Crippen molar-refractivity contribution in [1.29, 1.82) is 0 Å². The topological polar surface area (TPSA) is 51.4 Å². The van der Waals surface area contributed by atoms with Crippen molar-refractivity contribution in [3.05, 3.63) is 35.9 Å². The molecule has 0 aliphatic heterocycles. The van der Waals surface area contributed by atoms with Crippen LogP contribution < -0.4 is 5.73 Å². The Kier molecular flexibility index (Phi) is 4.93. The predicted molar refractivity (Wildman–Crippen MR) is 83.6 cm³/mol. The van der Waals surface area contributed by atoms with Crippen molar-refractivity contribution < 1.29 is 4.74 Å². The predicted octanol–water partition coefficient (Wildman–Crippen LogP) is 2.67. The normalized spacial score (nSPS) is 11.7. The van der Waals surface area contributed by atoms with Gasteiger partial charge in [-0.3, -0.25) is 4.90 Å². The van der Waals surface area contributed by atoms with Gasteiger partial charge < -0.3 is 10.5 Å². The monoisotopic (exact) mass is 273 g/mol. The summed E-state index contributed by atoms with van der Waals surface area (Å²) >= 11 is 0. The Morgan fingerprint density at radius 3 is 2.80 bits per heavy atom. The van der Waals surface area contributed by atoms with E-state index in [2.05, 4.69) is 29.1 Å². The third-order valence-electron chi connectivity index (χ3n) is 3.20. The van der Waals surface area contributed by atoms with Crippen LogP contribution in [0.2, 0.25) is 0 Å². The number of hydrogen-bond donors (Lipinski definition) is 1. The van der Waals surface area contributed by atoms with Gasteiger partial charge in [0.15, 0.2) is 0 Å². The molecule has 1 heterocycles. The molecular weight excluding hydrogens is 250 g/mol. The second kappa shape index (κ2) is 6.68. The molecule has 2 N–H and O–H groups in total. The molecule has 0 amide bonds. The zero-order chi connectivity index (χ0) is 14.5. The van der Waals surface area contributed by atoms with Gasteiger partial charge in [0.05, 0.1) is 18.2 Å². The quantitative estimate of drug-likeness (QED) is 0.879. The number of anilines is 1. The van der Waals surface area contributed by atoms with Crippen molar-refractivity contribution in [2.75, 3.05) is 25.9 Å². The van der Waals surface area contributed by atoms with E-state index in [-0.39, 0.29) is 6.10 Å². The van der Waals surface area contributed by atoms with Crippen molar-refractivity contribution in [2.24, 2.45) is 0 Å². The number of benzene rings is 1. The van der Waals surface area contributed by atoms with Gasteiger partial charge in [-0.25, -0.2) is 4.98 Å². The highest BCUT2D eigenvalue weighted by molar-refractivity contribution is 5.81. The number of nitrogens with zero attached hydrogens (tertiary/aromatic N) is 2. The Labute approximate surface area is 120 Å². The molecule has 0 fully saturated rings. The van der Waals surface area contributed by atoms with Gasteiger partial charge in [0, 0.05) is 24.0 Å². The minimum Gasteiger partial charge on any atom is -0.383 e. The first-order valence-corrected chi connectivity index (χ1v) is 7.00. The van der Waals surface area contributed by atoms with Crippen LogP contribution in [-0.4, -0.2) is 36.2 Å². The Hall–Kier alpha value is -1.65. The van der Waals surface area contributed by atoms with Gasteiger partial charge in [0.2, 0.25) is 0 Å². The molecular formula is C16H23N3O. The zero-order valence-electron chi connectivity index (χ0n) is 12.5. The Balaban J connectivity index is 2.03. The van der Waals surface area contributed by atoms with Crippen LogP contribution >= 0.6 is 0 Å². The highest BCUT2D eigenvalue weighted by Gasteiger charge is 2.07. The first-order valence-electron chi connectivity index (χ1n) is 7.00. The molecule has 0 atom stereocenters. The number of nitrogen functional groups attached to an aromatic ring is 1. The molecule has 0 aliphatic carbocycles. The van der Waals surface area contributed by atoms with Gasteiger partial charge in [0.25, 0.3) is 0 Å². The molecule has 2 aromatic rings. The standard InChI is InChI=1S/C16H23N3O/c1-12(2)20-9-8-19(3)11-14-10-13-6-4-5-7-15(13)18-16(14)17/h4-7,10,12H,8-9,11H2,1-3H3,(H2,17,18). The maximum atomic E-state index is 6.04. The number of rotatable bonds is 6. The largest absolute Gasteiger partial charge is 0.383 e. The maximum Gasteiger partial charge on any atom is 0.128 e. The average Bonchev–Trinajstić information content (AvgIpc) is 2.39. The third kappa shape index (κ3) is 3.92. The molecule has 20 heavy (non-hydrogen) atoms. The summed E-state index contributed by atoms with van der Waals surface area (Å²) in [5, 5.41) is 1.13. The summed E-state index contributed by atoms with van der Waals surface area (Å²) in [4.78, 5) is 6.66. The molecule has 0 bridgehead atoms. The molecule has 4 heteroatoms. The Morgan fingerprint density at radius 1 is 1.30 bits per heavy atom. The van der Waals surface area contributed by atoms with Gasteiger partial charge in [-0.15, -0.1) is 0 Å². The summed E-state index contributed by atoms with van der Waals surface area (Å²) in [6.07, 6.45) is 0.274. The number of para-hydroxylation sites is 1. The smallest absolute Gasteiger partial charge is 0.128 e. The van der Waals surface area contributed by atoms with E-state index in [1.54, 1.807) is 0 Å². The van der Waals surface area contributed by atoms with Crippen molar-refractivity contribution in [3.63, 3.8) is 0 Å². The first kappa shape index (κ1) is 14.8. The summed E-state index contributed by atoms with van der Waals surface area (Å²) in [5.41, 5.74) is 8.05. The van der Waals surface area contributed by atoms with E-state index in [0.717, 1.165) is 36.2 Å². The highest BCUT2D eigenvalue weighted by Crippen LogP contribution is 2.19. The summed E-state index contributed by atoms with van der Waals surface area (Å²) < 4.78 is 5.56. The lowest BCUT2D eigenvalue weighted by Crippen LogP contribution is -2.24. The minimum atomic E-state index is 0.274. The molecule has 2 rings (SSSR count). The number of pyridine rings is 1. The second-order valence-electron chi connectivity index (χ2n) is 5.38. The van der Waals surface area contributed by atoms with Crippen LogP contribution in [-0.2, 0) is 11.3 Å². The van der Waals surface area contributed by atoms with Crippen LogP contribution in [0, 0.1) is 0 Å². The number of hydrogen-bond acceptors (Lipinski definition) is 4. The van der Waals surface area contributed by atoms with E-state index in [0.29, 0.717) is 5.82 Å². The van der Waals surface area contributed by atoms with E-state index < -0.39 is 0 Å². The average molecular weight is 273 g/mol. The van der Waals surface area contributed by atoms with E-state index >= 15 is 0 Å². The maximum absolute atomic E-state index is 6.04. The molecule has 1 aromatic carbocycles. The van der Waals surface area contributed by atoms with Crippen molar-refractivity contribution >= 4 is 16.7 Å². The minimum absolute atomic E-state index is 0.274. The van der Waals surface area contributed by atoms with E-state index in [1.807, 2.05) is 32.0 Å². The Bertz CT molecular complexity index is 569.